The average Bonchev–Trinajstić information content (AvgIpc) is 3.12. The predicted molar refractivity (Wildman–Crippen MR) is 103 cm³/mol. The van der Waals surface area contributed by atoms with Gasteiger partial charge in [-0.05, 0) is 18.6 Å². The number of rotatable bonds is 6. The van der Waals surface area contributed by atoms with Gasteiger partial charge in [0.1, 0.15) is 18.0 Å². The lowest BCUT2D eigenvalue weighted by molar-refractivity contribution is 0.290. The van der Waals surface area contributed by atoms with Crippen LogP contribution in [0.25, 0.3) is 22.3 Å². The molecule has 0 bridgehead atoms. The smallest absolute Gasteiger partial charge is 0.220 e. The first kappa shape index (κ1) is 16.8. The molecule has 7 nitrogen and oxygen atoms in total. The van der Waals surface area contributed by atoms with Gasteiger partial charge in [-0.3, -0.25) is 0 Å². The number of hydrogen-bond donors (Lipinski definition) is 2. The van der Waals surface area contributed by atoms with Crippen LogP contribution in [-0.2, 0) is 6.61 Å². The summed E-state index contributed by atoms with van der Waals surface area (Å²) in [5.41, 5.74) is 9.01. The highest BCUT2D eigenvalue weighted by Crippen LogP contribution is 2.36. The first-order valence-corrected chi connectivity index (χ1v) is 8.65. The van der Waals surface area contributed by atoms with E-state index >= 15 is 0 Å². The SMILES string of the molecule is CCOc1cc(OCc2ccccc2)nc2[nH]cc(-c3ccnc(N)n3)c12. The minimum atomic E-state index is 0.218. The zero-order valence-corrected chi connectivity index (χ0v) is 14.8. The van der Waals surface area contributed by atoms with E-state index in [1.165, 1.54) is 0 Å². The molecule has 7 heteroatoms. The van der Waals surface area contributed by atoms with E-state index in [2.05, 4.69) is 19.9 Å². The average molecular weight is 361 g/mol. The third-order valence-electron chi connectivity index (χ3n) is 4.06. The molecule has 0 radical (unpaired) electrons. The predicted octanol–water partition coefficient (Wildman–Crippen LogP) is 3.58. The Morgan fingerprint density at radius 3 is 2.70 bits per heavy atom. The van der Waals surface area contributed by atoms with Gasteiger partial charge >= 0.3 is 0 Å². The summed E-state index contributed by atoms with van der Waals surface area (Å²) in [4.78, 5) is 16.0. The van der Waals surface area contributed by atoms with E-state index in [9.17, 15) is 0 Å². The van der Waals surface area contributed by atoms with E-state index in [0.29, 0.717) is 36.2 Å². The fourth-order valence-corrected chi connectivity index (χ4v) is 2.88. The summed E-state index contributed by atoms with van der Waals surface area (Å²) in [6, 6.07) is 13.5. The van der Waals surface area contributed by atoms with Crippen molar-refractivity contribution in [1.82, 2.24) is 19.9 Å². The highest BCUT2D eigenvalue weighted by Gasteiger charge is 2.16. The van der Waals surface area contributed by atoms with Crippen LogP contribution in [0.15, 0.2) is 54.9 Å². The second-order valence-electron chi connectivity index (χ2n) is 5.89. The number of benzene rings is 1. The van der Waals surface area contributed by atoms with Gasteiger partial charge < -0.3 is 20.2 Å². The molecule has 0 fully saturated rings. The van der Waals surface area contributed by atoms with Crippen molar-refractivity contribution in [3.63, 3.8) is 0 Å². The summed E-state index contributed by atoms with van der Waals surface area (Å²) in [5, 5.41) is 0.835. The number of nitrogens with one attached hydrogen (secondary N) is 1. The van der Waals surface area contributed by atoms with Crippen LogP contribution in [0.5, 0.6) is 11.6 Å². The maximum absolute atomic E-state index is 5.86. The number of anilines is 1. The van der Waals surface area contributed by atoms with Crippen molar-refractivity contribution >= 4 is 17.0 Å². The van der Waals surface area contributed by atoms with Gasteiger partial charge in [0.05, 0.1) is 17.7 Å². The highest BCUT2D eigenvalue weighted by molar-refractivity contribution is 5.97. The van der Waals surface area contributed by atoms with Crippen molar-refractivity contribution in [2.75, 3.05) is 12.3 Å². The van der Waals surface area contributed by atoms with Gasteiger partial charge in [-0.2, -0.15) is 4.98 Å². The second kappa shape index (κ2) is 7.33. The van der Waals surface area contributed by atoms with Crippen LogP contribution >= 0.6 is 0 Å². The van der Waals surface area contributed by atoms with Crippen LogP contribution in [0.3, 0.4) is 0 Å². The zero-order valence-electron chi connectivity index (χ0n) is 14.8. The number of nitrogen functional groups attached to an aromatic ring is 1. The number of H-pyrrole nitrogens is 1. The van der Waals surface area contributed by atoms with Crippen LogP contribution in [0.1, 0.15) is 12.5 Å². The maximum atomic E-state index is 5.86. The molecule has 3 aromatic heterocycles. The van der Waals surface area contributed by atoms with Crippen molar-refractivity contribution < 1.29 is 9.47 Å². The lowest BCUT2D eigenvalue weighted by atomic mass is 10.1. The largest absolute Gasteiger partial charge is 0.493 e. The molecule has 0 aliphatic carbocycles. The van der Waals surface area contributed by atoms with E-state index in [1.807, 2.05) is 43.5 Å². The van der Waals surface area contributed by atoms with Gasteiger partial charge in [0.25, 0.3) is 0 Å². The quantitative estimate of drug-likeness (QED) is 0.545. The van der Waals surface area contributed by atoms with Gasteiger partial charge in [0, 0.05) is 24.0 Å². The molecule has 0 aliphatic rings. The molecule has 136 valence electrons. The van der Waals surface area contributed by atoms with Gasteiger partial charge in [-0.25, -0.2) is 9.97 Å². The molecule has 0 spiro atoms. The number of nitrogens with zero attached hydrogens (tertiary/aromatic N) is 3. The molecule has 1 aromatic carbocycles. The lowest BCUT2D eigenvalue weighted by Gasteiger charge is -2.10. The van der Waals surface area contributed by atoms with Crippen molar-refractivity contribution in [1.29, 1.82) is 0 Å². The summed E-state index contributed by atoms with van der Waals surface area (Å²) in [6.45, 7) is 2.89. The van der Waals surface area contributed by atoms with Crippen molar-refractivity contribution in [2.45, 2.75) is 13.5 Å². The molecule has 4 rings (SSSR count). The minimum Gasteiger partial charge on any atom is -0.493 e. The van der Waals surface area contributed by atoms with E-state index in [-0.39, 0.29) is 5.95 Å². The molecule has 0 saturated carbocycles. The van der Waals surface area contributed by atoms with Crippen LogP contribution < -0.4 is 15.2 Å². The van der Waals surface area contributed by atoms with E-state index < -0.39 is 0 Å². The Kier molecular flexibility index (Phi) is 4.57. The molecular weight excluding hydrogens is 342 g/mol. The molecule has 4 aromatic rings. The molecule has 0 amide bonds. The Labute approximate surface area is 156 Å². The number of aromatic nitrogens is 4. The maximum Gasteiger partial charge on any atom is 0.220 e. The number of hydrogen-bond acceptors (Lipinski definition) is 6. The first-order chi connectivity index (χ1) is 13.2. The molecule has 0 unspecified atom stereocenters. The Balaban J connectivity index is 1.72. The van der Waals surface area contributed by atoms with Gasteiger partial charge in [0.2, 0.25) is 11.8 Å². The molecule has 0 saturated heterocycles. The topological polar surface area (TPSA) is 98.9 Å². The van der Waals surface area contributed by atoms with Crippen LogP contribution in [-0.4, -0.2) is 26.5 Å². The van der Waals surface area contributed by atoms with Crippen molar-refractivity contribution in [3.8, 4) is 22.9 Å². The minimum absolute atomic E-state index is 0.218. The summed E-state index contributed by atoms with van der Waals surface area (Å²) in [5.74, 6) is 1.39. The normalized spacial score (nSPS) is 10.9. The first-order valence-electron chi connectivity index (χ1n) is 8.65. The van der Waals surface area contributed by atoms with Crippen LogP contribution in [0.2, 0.25) is 0 Å². The molecule has 3 N–H and O–H groups in total. The molecule has 0 aliphatic heterocycles. The van der Waals surface area contributed by atoms with Gasteiger partial charge in [-0.1, -0.05) is 30.3 Å². The van der Waals surface area contributed by atoms with Gasteiger partial charge in [0.15, 0.2) is 0 Å². The lowest BCUT2D eigenvalue weighted by Crippen LogP contribution is -2.00. The standard InChI is InChI=1S/C20H19N5O2/c1-2-26-16-10-17(27-12-13-6-4-3-5-7-13)25-19-18(16)14(11-23-19)15-8-9-22-20(21)24-15/h3-11H,2,12H2,1H3,(H,23,25)(H2,21,22,24). The van der Waals surface area contributed by atoms with Crippen LogP contribution in [0, 0.1) is 0 Å². The Bertz CT molecular complexity index is 1060. The Hall–Kier alpha value is -3.61. The fourth-order valence-electron chi connectivity index (χ4n) is 2.88. The number of pyridine rings is 1. The summed E-state index contributed by atoms with van der Waals surface area (Å²) >= 11 is 0. The summed E-state index contributed by atoms with van der Waals surface area (Å²) in [6.07, 6.45) is 3.46. The van der Waals surface area contributed by atoms with E-state index in [1.54, 1.807) is 18.3 Å². The Morgan fingerprint density at radius 1 is 1.07 bits per heavy atom. The van der Waals surface area contributed by atoms with Crippen molar-refractivity contribution in [2.24, 2.45) is 0 Å². The number of fused-ring (bicyclic) bond motifs is 1. The molecule has 3 heterocycles. The van der Waals surface area contributed by atoms with Crippen LogP contribution in [0.4, 0.5) is 5.95 Å². The van der Waals surface area contributed by atoms with Crippen molar-refractivity contribution in [3.05, 3.63) is 60.4 Å². The zero-order chi connectivity index (χ0) is 18.6. The molecule has 0 atom stereocenters. The molecular formula is C20H19N5O2. The van der Waals surface area contributed by atoms with Gasteiger partial charge in [-0.15, -0.1) is 0 Å². The highest BCUT2D eigenvalue weighted by atomic mass is 16.5. The number of ether oxygens (including phenoxy) is 2. The monoisotopic (exact) mass is 361 g/mol. The summed E-state index contributed by atoms with van der Waals surface area (Å²) in [7, 11) is 0. The number of nitrogens with two attached hydrogens (primary N) is 1. The number of aromatic amines is 1. The third-order valence-corrected chi connectivity index (χ3v) is 4.06. The van der Waals surface area contributed by atoms with E-state index in [0.717, 1.165) is 16.5 Å². The molecule has 27 heavy (non-hydrogen) atoms. The Morgan fingerprint density at radius 2 is 1.93 bits per heavy atom. The fraction of sp³-hybridized carbons (Fsp3) is 0.150. The van der Waals surface area contributed by atoms with E-state index in [4.69, 9.17) is 15.2 Å². The summed E-state index contributed by atoms with van der Waals surface area (Å²) < 4.78 is 11.7. The third kappa shape index (κ3) is 3.52. The second-order valence-corrected chi connectivity index (χ2v) is 5.89.